The molecule has 0 saturated carbocycles. The van der Waals surface area contributed by atoms with Crippen LogP contribution in [0.5, 0.6) is 0 Å². The number of carbonyl (C=O) groups excluding carboxylic acids is 2. The van der Waals surface area contributed by atoms with Crippen LogP contribution in [0.1, 0.15) is 181 Å². The summed E-state index contributed by atoms with van der Waals surface area (Å²) in [5, 5.41) is 2.82. The number of nitrogens with one attached hydrogen (secondary N) is 1. The van der Waals surface area contributed by atoms with Gasteiger partial charge in [0.2, 0.25) is 0 Å². The fraction of sp³-hybridized carbons (Fsp3) is 0.810. The van der Waals surface area contributed by atoms with Crippen LogP contribution in [-0.4, -0.2) is 56.3 Å². The third-order valence-corrected chi connectivity index (χ3v) is 9.75. The molecule has 0 aliphatic rings. The predicted molar refractivity (Wildman–Crippen MR) is 215 cm³/mol. The van der Waals surface area contributed by atoms with Gasteiger partial charge in [-0.3, -0.25) is 18.6 Å². The van der Waals surface area contributed by atoms with E-state index >= 15 is 0 Å². The molecule has 52 heavy (non-hydrogen) atoms. The molecule has 0 aromatic heterocycles. The molecule has 2 N–H and O–H groups in total. The first-order valence-corrected chi connectivity index (χ1v) is 22.4. The fourth-order valence-electron chi connectivity index (χ4n) is 5.57. The molecule has 0 aromatic rings. The van der Waals surface area contributed by atoms with Crippen molar-refractivity contribution in [2.75, 3.05) is 33.4 Å². The lowest BCUT2D eigenvalue weighted by atomic mass is 10.0. The molecule has 0 bridgehead atoms. The molecule has 0 fully saturated rings. The zero-order chi connectivity index (χ0) is 38.2. The number of carbonyl (C=O) groups is 2. The maximum atomic E-state index is 12.6. The fourth-order valence-corrected chi connectivity index (χ4v) is 6.32. The van der Waals surface area contributed by atoms with Gasteiger partial charge in [-0.15, -0.1) is 0 Å². The minimum Gasteiger partial charge on any atom is -0.462 e. The lowest BCUT2D eigenvalue weighted by Gasteiger charge is -2.20. The quantitative estimate of drug-likeness (QED) is 0.0273. The van der Waals surface area contributed by atoms with Crippen LogP contribution in [-0.2, 0) is 32.7 Å². The van der Waals surface area contributed by atoms with Gasteiger partial charge in [-0.25, -0.2) is 4.57 Å². The Balaban J connectivity index is 4.33. The molecule has 0 amide bonds. The minimum absolute atomic E-state index is 0.0253. The lowest BCUT2D eigenvalue weighted by Crippen LogP contribution is -2.29. The Kier molecular flexibility index (Phi) is 37.6. The van der Waals surface area contributed by atoms with Crippen LogP contribution in [0, 0.1) is 0 Å². The van der Waals surface area contributed by atoms with Gasteiger partial charge in [0, 0.05) is 19.4 Å². The van der Waals surface area contributed by atoms with Crippen LogP contribution in [0.2, 0.25) is 0 Å². The van der Waals surface area contributed by atoms with E-state index in [0.717, 1.165) is 44.9 Å². The summed E-state index contributed by atoms with van der Waals surface area (Å²) in [6.07, 6.45) is 40.5. The molecule has 0 spiro atoms. The second-order valence-corrected chi connectivity index (χ2v) is 15.3. The van der Waals surface area contributed by atoms with E-state index in [2.05, 4.69) is 55.6 Å². The lowest BCUT2D eigenvalue weighted by molar-refractivity contribution is -0.161. The van der Waals surface area contributed by atoms with Crippen molar-refractivity contribution < 1.29 is 37.6 Å². The number of likely N-dealkylation sites (N-methyl/N-ethyl adjacent to an activating group) is 1. The highest BCUT2D eigenvalue weighted by Crippen LogP contribution is 2.43. The van der Waals surface area contributed by atoms with Gasteiger partial charge in [-0.05, 0) is 52.0 Å². The molecule has 2 unspecified atom stereocenters. The normalized spacial score (nSPS) is 13.7. The Labute approximate surface area is 318 Å². The van der Waals surface area contributed by atoms with Crippen molar-refractivity contribution >= 4 is 19.8 Å². The summed E-state index contributed by atoms with van der Waals surface area (Å²) in [5.74, 6) is -0.865. The first-order chi connectivity index (χ1) is 25.3. The van der Waals surface area contributed by atoms with Gasteiger partial charge < -0.3 is 19.7 Å². The van der Waals surface area contributed by atoms with Crippen molar-refractivity contribution in [1.82, 2.24) is 5.32 Å². The number of unbranched alkanes of at least 4 members (excludes halogenated alkanes) is 19. The van der Waals surface area contributed by atoms with Crippen LogP contribution in [0.25, 0.3) is 0 Å². The van der Waals surface area contributed by atoms with Gasteiger partial charge in [0.25, 0.3) is 0 Å². The highest BCUT2D eigenvalue weighted by molar-refractivity contribution is 7.47. The summed E-state index contributed by atoms with van der Waals surface area (Å²) >= 11 is 0. The summed E-state index contributed by atoms with van der Waals surface area (Å²) in [6.45, 7) is 4.16. The van der Waals surface area contributed by atoms with Gasteiger partial charge in [0.05, 0.1) is 13.2 Å². The summed E-state index contributed by atoms with van der Waals surface area (Å²) < 4.78 is 33.1. The molecule has 10 heteroatoms. The number of ether oxygens (including phenoxy) is 2. The largest absolute Gasteiger partial charge is 0.472 e. The summed E-state index contributed by atoms with van der Waals surface area (Å²) in [7, 11) is -2.66. The predicted octanol–water partition coefficient (Wildman–Crippen LogP) is 11.6. The van der Waals surface area contributed by atoms with Crippen molar-refractivity contribution in [3.05, 3.63) is 36.5 Å². The third kappa shape index (κ3) is 38.0. The molecule has 0 rings (SSSR count). The SMILES string of the molecule is CCCCCCCC/C=C\C/C=C\C/C=C\CCCC(=O)OC(COC(=O)CCCCCCCCCCCCCCC)COP(=O)(O)OCCNC. The zero-order valence-corrected chi connectivity index (χ0v) is 34.4. The van der Waals surface area contributed by atoms with E-state index in [4.69, 9.17) is 18.5 Å². The van der Waals surface area contributed by atoms with Crippen LogP contribution < -0.4 is 5.32 Å². The molecule has 0 saturated heterocycles. The van der Waals surface area contributed by atoms with E-state index in [1.807, 2.05) is 0 Å². The topological polar surface area (TPSA) is 120 Å². The Morgan fingerprint density at radius 2 is 1.06 bits per heavy atom. The Bertz CT molecular complexity index is 954. The molecule has 2 atom stereocenters. The second-order valence-electron chi connectivity index (χ2n) is 13.8. The minimum atomic E-state index is -4.36. The van der Waals surface area contributed by atoms with Crippen molar-refractivity contribution in [2.24, 2.45) is 0 Å². The molecule has 0 aliphatic carbocycles. The monoisotopic (exact) mass is 756 g/mol. The van der Waals surface area contributed by atoms with Crippen molar-refractivity contribution in [1.29, 1.82) is 0 Å². The van der Waals surface area contributed by atoms with Crippen molar-refractivity contribution in [3.8, 4) is 0 Å². The molecule has 9 nitrogen and oxygen atoms in total. The van der Waals surface area contributed by atoms with Crippen LogP contribution >= 0.6 is 7.82 Å². The molecule has 0 aromatic carbocycles. The Morgan fingerprint density at radius 1 is 0.596 bits per heavy atom. The molecular weight excluding hydrogens is 677 g/mol. The molecule has 0 heterocycles. The Morgan fingerprint density at radius 3 is 1.60 bits per heavy atom. The van der Waals surface area contributed by atoms with Crippen molar-refractivity contribution in [2.45, 2.75) is 187 Å². The van der Waals surface area contributed by atoms with E-state index < -0.39 is 26.5 Å². The number of hydrogen-bond acceptors (Lipinski definition) is 8. The van der Waals surface area contributed by atoms with Crippen LogP contribution in [0.15, 0.2) is 36.5 Å². The average Bonchev–Trinajstić information content (AvgIpc) is 3.12. The van der Waals surface area contributed by atoms with E-state index in [0.29, 0.717) is 13.0 Å². The van der Waals surface area contributed by atoms with E-state index in [-0.39, 0.29) is 32.0 Å². The first kappa shape index (κ1) is 50.2. The average molecular weight is 756 g/mol. The van der Waals surface area contributed by atoms with E-state index in [1.54, 1.807) is 7.05 Å². The molecule has 304 valence electrons. The molecular formula is C42H78NO8P. The number of phosphoric ester groups is 1. The highest BCUT2D eigenvalue weighted by Gasteiger charge is 2.26. The maximum absolute atomic E-state index is 12.6. The summed E-state index contributed by atoms with van der Waals surface area (Å²) in [4.78, 5) is 34.9. The van der Waals surface area contributed by atoms with Gasteiger partial charge in [-0.2, -0.15) is 0 Å². The number of allylic oxidation sites excluding steroid dienone is 6. The van der Waals surface area contributed by atoms with Crippen LogP contribution in [0.3, 0.4) is 0 Å². The van der Waals surface area contributed by atoms with Crippen LogP contribution in [0.4, 0.5) is 0 Å². The molecule has 0 aliphatic heterocycles. The smallest absolute Gasteiger partial charge is 0.462 e. The van der Waals surface area contributed by atoms with Gasteiger partial charge in [0.1, 0.15) is 6.61 Å². The third-order valence-electron chi connectivity index (χ3n) is 8.76. The summed E-state index contributed by atoms with van der Waals surface area (Å²) in [5.41, 5.74) is 0. The van der Waals surface area contributed by atoms with E-state index in [9.17, 15) is 19.0 Å². The molecule has 0 radical (unpaired) electrons. The standard InChI is InChI=1S/C42H78NO8P/c1-4-6-8-10-12-14-16-18-19-20-21-23-25-27-29-31-33-35-42(45)51-40(39-50-52(46,47)49-37-36-43-3)38-48-41(44)34-32-30-28-26-24-22-17-15-13-11-9-7-5-2/h18-19,21,23,27,29,40,43H,4-17,20,22,24-26,28,30-39H2,1-3H3,(H,46,47)/b19-18-,23-21-,29-27-. The highest BCUT2D eigenvalue weighted by atomic mass is 31.2. The zero-order valence-electron chi connectivity index (χ0n) is 33.5. The van der Waals surface area contributed by atoms with Gasteiger partial charge >= 0.3 is 19.8 Å². The van der Waals surface area contributed by atoms with E-state index in [1.165, 1.54) is 103 Å². The first-order valence-electron chi connectivity index (χ1n) is 20.9. The number of hydrogen-bond donors (Lipinski definition) is 2. The Hall–Kier alpha value is -1.77. The second kappa shape index (κ2) is 38.9. The summed E-state index contributed by atoms with van der Waals surface area (Å²) in [6, 6.07) is 0. The van der Waals surface area contributed by atoms with Gasteiger partial charge in [-0.1, -0.05) is 159 Å². The van der Waals surface area contributed by atoms with Gasteiger partial charge in [0.15, 0.2) is 6.10 Å². The maximum Gasteiger partial charge on any atom is 0.472 e. The van der Waals surface area contributed by atoms with Crippen molar-refractivity contribution in [3.63, 3.8) is 0 Å². The number of rotatable bonds is 39. The number of esters is 2. The number of phosphoric acid groups is 1.